The van der Waals surface area contributed by atoms with Crippen molar-refractivity contribution in [3.8, 4) is 44.5 Å². The summed E-state index contributed by atoms with van der Waals surface area (Å²) >= 11 is 0. The molecule has 1 unspecified atom stereocenters. The fourth-order valence-electron chi connectivity index (χ4n) is 12.7. The number of hydrogen-bond donors (Lipinski definition) is 0. The van der Waals surface area contributed by atoms with E-state index in [-0.39, 0.29) is 10.8 Å². The predicted molar refractivity (Wildman–Crippen MR) is 279 cm³/mol. The maximum Gasteiger partial charge on any atom is 0.0714 e. The van der Waals surface area contributed by atoms with Gasteiger partial charge in [-0.2, -0.15) is 0 Å². The summed E-state index contributed by atoms with van der Waals surface area (Å²) in [6.07, 6.45) is 0. The molecule has 0 N–H and O–H groups in total. The Morgan fingerprint density at radius 3 is 1.42 bits per heavy atom. The van der Waals surface area contributed by atoms with Gasteiger partial charge in [0.15, 0.2) is 0 Å². The molecule has 318 valence electrons. The van der Waals surface area contributed by atoms with E-state index in [0.29, 0.717) is 0 Å². The van der Waals surface area contributed by atoms with E-state index < -0.39 is 5.41 Å². The van der Waals surface area contributed by atoms with Gasteiger partial charge >= 0.3 is 0 Å². The van der Waals surface area contributed by atoms with Gasteiger partial charge in [-0.1, -0.05) is 232 Å². The fourth-order valence-corrected chi connectivity index (χ4v) is 12.7. The number of fused-ring (bicyclic) bond motifs is 9. The molecule has 67 heavy (non-hydrogen) atoms. The first kappa shape index (κ1) is 39.4. The monoisotopic (exact) mass is 855 g/mol. The smallest absolute Gasteiger partial charge is 0.0714 e. The van der Waals surface area contributed by atoms with Crippen molar-refractivity contribution in [3.05, 3.63) is 293 Å². The Kier molecular flexibility index (Phi) is 8.67. The Bertz CT molecular complexity index is 3530. The van der Waals surface area contributed by atoms with E-state index in [1.807, 2.05) is 0 Å². The van der Waals surface area contributed by atoms with Crippen molar-refractivity contribution in [3.63, 3.8) is 0 Å². The van der Waals surface area contributed by atoms with Crippen LogP contribution in [-0.2, 0) is 16.2 Å². The van der Waals surface area contributed by atoms with Crippen molar-refractivity contribution in [1.82, 2.24) is 0 Å². The minimum Gasteiger partial charge on any atom is -0.309 e. The van der Waals surface area contributed by atoms with E-state index >= 15 is 0 Å². The van der Waals surface area contributed by atoms with Gasteiger partial charge in [-0.25, -0.2) is 0 Å². The number of benzene rings is 10. The molecular formula is C66H49N. The lowest BCUT2D eigenvalue weighted by atomic mass is 9.68. The summed E-state index contributed by atoms with van der Waals surface area (Å²) in [7, 11) is 0. The summed E-state index contributed by atoms with van der Waals surface area (Å²) in [6.45, 7) is 7.22. The molecule has 3 aliphatic rings. The Labute approximate surface area is 394 Å². The summed E-state index contributed by atoms with van der Waals surface area (Å²) in [5.74, 6) is 0. The van der Waals surface area contributed by atoms with Crippen LogP contribution < -0.4 is 4.90 Å². The van der Waals surface area contributed by atoms with Crippen molar-refractivity contribution in [2.75, 3.05) is 4.90 Å². The number of rotatable bonds is 7. The second kappa shape index (κ2) is 14.8. The molecule has 1 nitrogen and oxygen atoms in total. The highest BCUT2D eigenvalue weighted by Gasteiger charge is 2.48. The van der Waals surface area contributed by atoms with Crippen molar-refractivity contribution < 1.29 is 0 Å². The van der Waals surface area contributed by atoms with Crippen molar-refractivity contribution in [1.29, 1.82) is 0 Å². The molecule has 0 heterocycles. The predicted octanol–water partition coefficient (Wildman–Crippen LogP) is 16.8. The van der Waals surface area contributed by atoms with E-state index in [1.54, 1.807) is 0 Å². The van der Waals surface area contributed by atoms with Crippen LogP contribution in [0.1, 0.15) is 70.8 Å². The zero-order valence-electron chi connectivity index (χ0n) is 38.0. The second-order valence-electron chi connectivity index (χ2n) is 19.2. The largest absolute Gasteiger partial charge is 0.309 e. The highest BCUT2D eigenvalue weighted by molar-refractivity contribution is 6.01. The summed E-state index contributed by atoms with van der Waals surface area (Å²) in [4.78, 5) is 2.60. The molecule has 13 rings (SSSR count). The highest BCUT2D eigenvalue weighted by atomic mass is 15.1. The van der Waals surface area contributed by atoms with Gasteiger partial charge in [0.05, 0.1) is 16.8 Å². The number of nitrogens with zero attached hydrogens (tertiary/aromatic N) is 1. The van der Waals surface area contributed by atoms with Gasteiger partial charge in [-0.05, 0) is 115 Å². The normalized spacial score (nSPS) is 16.3. The highest BCUT2D eigenvalue weighted by Crippen LogP contribution is 2.61. The van der Waals surface area contributed by atoms with Gasteiger partial charge in [-0.3, -0.25) is 0 Å². The average molecular weight is 856 g/mol. The van der Waals surface area contributed by atoms with Gasteiger partial charge < -0.3 is 4.90 Å². The summed E-state index contributed by atoms with van der Waals surface area (Å²) in [6, 6.07) is 91.0. The molecule has 0 amide bonds. The topological polar surface area (TPSA) is 3.24 Å². The van der Waals surface area contributed by atoms with Gasteiger partial charge in [0, 0.05) is 27.6 Å². The first-order valence-corrected chi connectivity index (χ1v) is 23.7. The summed E-state index contributed by atoms with van der Waals surface area (Å²) in [5, 5.41) is 0. The van der Waals surface area contributed by atoms with Crippen LogP contribution in [0.2, 0.25) is 0 Å². The molecule has 0 aromatic heterocycles. The first-order chi connectivity index (χ1) is 32.9. The molecule has 10 aromatic carbocycles. The summed E-state index contributed by atoms with van der Waals surface area (Å²) in [5.41, 5.74) is 24.3. The standard InChI is InChI=1S/C66H49N/c1-64(2)55-35-17-13-30-49(55)52-33-21-34-53(63(52)64)51-31-16-20-39-60(51)67(47-41-42-50-48-29-14-18-36-56(48)65(3,59(50)43-47)44-23-7-4-8-24-44)61-40-22-38-58-62(61)54-32-15-19-37-57(54)66(58,45-25-9-5-10-26-45)46-27-11-6-12-28-46/h4-43H,1-3H3. The number of hydrogen-bond acceptors (Lipinski definition) is 1. The molecule has 0 bridgehead atoms. The van der Waals surface area contributed by atoms with Crippen LogP contribution in [0.15, 0.2) is 243 Å². The molecule has 3 aliphatic carbocycles. The molecule has 0 saturated heterocycles. The quantitative estimate of drug-likeness (QED) is 0.154. The average Bonchev–Trinajstić information content (AvgIpc) is 3.94. The van der Waals surface area contributed by atoms with Crippen molar-refractivity contribution >= 4 is 17.1 Å². The van der Waals surface area contributed by atoms with Crippen LogP contribution in [0.4, 0.5) is 17.1 Å². The molecule has 0 radical (unpaired) electrons. The fraction of sp³-hybridized carbons (Fsp3) is 0.0909. The molecular weight excluding hydrogens is 807 g/mol. The van der Waals surface area contributed by atoms with Crippen LogP contribution in [-0.4, -0.2) is 0 Å². The zero-order chi connectivity index (χ0) is 44.9. The van der Waals surface area contributed by atoms with Crippen LogP contribution in [0.25, 0.3) is 44.5 Å². The molecule has 1 heteroatoms. The number of para-hydroxylation sites is 1. The molecule has 0 fully saturated rings. The first-order valence-electron chi connectivity index (χ1n) is 23.7. The van der Waals surface area contributed by atoms with E-state index in [0.717, 1.165) is 17.1 Å². The summed E-state index contributed by atoms with van der Waals surface area (Å²) < 4.78 is 0. The van der Waals surface area contributed by atoms with E-state index in [9.17, 15) is 0 Å². The molecule has 0 aliphatic heterocycles. The van der Waals surface area contributed by atoms with Crippen LogP contribution in [0, 0.1) is 0 Å². The lowest BCUT2D eigenvalue weighted by molar-refractivity contribution is 0.662. The Morgan fingerprint density at radius 1 is 0.299 bits per heavy atom. The van der Waals surface area contributed by atoms with Crippen LogP contribution in [0.3, 0.4) is 0 Å². The molecule has 10 aromatic rings. The van der Waals surface area contributed by atoms with Gasteiger partial charge in [0.25, 0.3) is 0 Å². The third kappa shape index (κ3) is 5.43. The third-order valence-corrected chi connectivity index (χ3v) is 15.6. The lowest BCUT2D eigenvalue weighted by Crippen LogP contribution is -2.28. The van der Waals surface area contributed by atoms with E-state index in [4.69, 9.17) is 0 Å². The second-order valence-corrected chi connectivity index (χ2v) is 19.2. The molecule has 0 spiro atoms. The maximum absolute atomic E-state index is 2.60. The van der Waals surface area contributed by atoms with Gasteiger partial charge in [0.1, 0.15) is 0 Å². The van der Waals surface area contributed by atoms with Crippen LogP contribution >= 0.6 is 0 Å². The maximum atomic E-state index is 2.60. The minimum absolute atomic E-state index is 0.199. The third-order valence-electron chi connectivity index (χ3n) is 15.6. The Hall–Kier alpha value is -8.00. The lowest BCUT2D eigenvalue weighted by Gasteiger charge is -2.35. The Morgan fingerprint density at radius 2 is 0.746 bits per heavy atom. The Balaban J connectivity index is 1.13. The van der Waals surface area contributed by atoms with Crippen molar-refractivity contribution in [2.24, 2.45) is 0 Å². The zero-order valence-corrected chi connectivity index (χ0v) is 38.0. The van der Waals surface area contributed by atoms with Gasteiger partial charge in [0.2, 0.25) is 0 Å². The molecule has 0 saturated carbocycles. The van der Waals surface area contributed by atoms with Gasteiger partial charge in [-0.15, -0.1) is 0 Å². The minimum atomic E-state index is -0.544. The van der Waals surface area contributed by atoms with E-state index in [1.165, 1.54) is 94.6 Å². The van der Waals surface area contributed by atoms with Crippen molar-refractivity contribution in [2.45, 2.75) is 37.0 Å². The number of anilines is 3. The SMILES string of the molecule is CC1(C)c2ccccc2-c2cccc(-c3ccccc3N(c3ccc4c(c3)C(C)(c3ccccc3)c3ccccc3-4)c3cccc4c3-c3ccccc3C4(c3ccccc3)c3ccccc3)c21. The van der Waals surface area contributed by atoms with E-state index in [2.05, 4.69) is 268 Å². The molecule has 1 atom stereocenters. The van der Waals surface area contributed by atoms with Crippen LogP contribution in [0.5, 0.6) is 0 Å².